The first-order valence-electron chi connectivity index (χ1n) is 4.82. The molecule has 0 saturated carbocycles. The summed E-state index contributed by atoms with van der Waals surface area (Å²) in [5.74, 6) is 0.0401. The Bertz CT molecular complexity index is 406. The van der Waals surface area contributed by atoms with Crippen molar-refractivity contribution in [2.75, 3.05) is 0 Å². The van der Waals surface area contributed by atoms with E-state index in [-0.39, 0.29) is 11.7 Å². The number of carbonyl (C=O) groups excluding carboxylic acids is 1. The molecule has 0 heterocycles. The monoisotopic (exact) mass is 240 g/mol. The van der Waals surface area contributed by atoms with Gasteiger partial charge in [-0.1, -0.05) is 35.3 Å². The lowest BCUT2D eigenvalue weighted by Gasteiger charge is -2.18. The normalized spacial score (nSPS) is 21.3. The Kier molecular flexibility index (Phi) is 3.13. The molecule has 1 nitrogen and oxygen atoms in total. The second-order valence-electron chi connectivity index (χ2n) is 3.64. The molecular weight excluding hydrogens is 231 g/mol. The summed E-state index contributed by atoms with van der Waals surface area (Å²) >= 11 is 11.6. The van der Waals surface area contributed by atoms with Gasteiger partial charge in [0, 0.05) is 16.0 Å². The zero-order valence-electron chi connectivity index (χ0n) is 8.04. The maximum atomic E-state index is 11.7. The average Bonchev–Trinajstić information content (AvgIpc) is 2.20. The van der Waals surface area contributed by atoms with Crippen molar-refractivity contribution in [3.8, 4) is 0 Å². The van der Waals surface area contributed by atoms with E-state index in [9.17, 15) is 4.79 Å². The molecule has 1 aliphatic carbocycles. The molecule has 1 unspecified atom stereocenters. The topological polar surface area (TPSA) is 17.1 Å². The summed E-state index contributed by atoms with van der Waals surface area (Å²) in [5.41, 5.74) is 1.02. The lowest BCUT2D eigenvalue weighted by molar-refractivity contribution is -0.116. The molecule has 1 aliphatic rings. The minimum absolute atomic E-state index is 0.0511. The fraction of sp³-hybridized carbons (Fsp3) is 0.250. The van der Waals surface area contributed by atoms with E-state index < -0.39 is 0 Å². The Morgan fingerprint density at radius 2 is 1.80 bits per heavy atom. The van der Waals surface area contributed by atoms with Gasteiger partial charge >= 0.3 is 0 Å². The van der Waals surface area contributed by atoms with Crippen molar-refractivity contribution in [1.29, 1.82) is 0 Å². The van der Waals surface area contributed by atoms with E-state index in [4.69, 9.17) is 23.2 Å². The Morgan fingerprint density at radius 3 is 2.40 bits per heavy atom. The van der Waals surface area contributed by atoms with E-state index in [0.29, 0.717) is 10.1 Å². The van der Waals surface area contributed by atoms with Crippen molar-refractivity contribution in [3.05, 3.63) is 46.0 Å². The second-order valence-corrected chi connectivity index (χ2v) is 4.56. The highest BCUT2D eigenvalue weighted by molar-refractivity contribution is 6.31. The van der Waals surface area contributed by atoms with Gasteiger partial charge in [-0.05, 0) is 36.6 Å². The van der Waals surface area contributed by atoms with Crippen LogP contribution in [0.5, 0.6) is 0 Å². The van der Waals surface area contributed by atoms with Gasteiger partial charge in [-0.2, -0.15) is 0 Å². The van der Waals surface area contributed by atoms with Gasteiger partial charge in [0.1, 0.15) is 0 Å². The molecule has 1 aromatic rings. The number of rotatable bonds is 1. The molecule has 0 N–H and O–H groups in total. The number of carbonyl (C=O) groups is 1. The van der Waals surface area contributed by atoms with Crippen LogP contribution >= 0.6 is 23.2 Å². The van der Waals surface area contributed by atoms with E-state index in [1.807, 2.05) is 24.3 Å². The van der Waals surface area contributed by atoms with Gasteiger partial charge in [0.2, 0.25) is 0 Å². The van der Waals surface area contributed by atoms with Gasteiger partial charge < -0.3 is 0 Å². The number of hydrogen-bond donors (Lipinski definition) is 0. The summed E-state index contributed by atoms with van der Waals surface area (Å²) in [4.78, 5) is 11.7. The van der Waals surface area contributed by atoms with Crippen molar-refractivity contribution >= 4 is 29.0 Å². The summed E-state index contributed by atoms with van der Waals surface area (Å²) in [6.45, 7) is 0. The smallest absolute Gasteiger partial charge is 0.164 e. The summed E-state index contributed by atoms with van der Waals surface area (Å²) in [6, 6.07) is 7.42. The first kappa shape index (κ1) is 10.7. The molecule has 1 aromatic carbocycles. The standard InChI is InChI=1S/C12H10Cl2O/c13-9-3-1-8(2-4-9)11-6-5-10(14)7-12(11)15/h1-4,7,11H,5-6H2. The number of allylic oxidation sites excluding steroid dienone is 2. The number of ketones is 1. The van der Waals surface area contributed by atoms with Crippen LogP contribution in [0, 0.1) is 0 Å². The average molecular weight is 241 g/mol. The molecule has 0 saturated heterocycles. The van der Waals surface area contributed by atoms with Crippen LogP contribution in [-0.4, -0.2) is 5.78 Å². The quantitative estimate of drug-likeness (QED) is 0.728. The first-order valence-corrected chi connectivity index (χ1v) is 5.58. The third-order valence-electron chi connectivity index (χ3n) is 2.59. The Balaban J connectivity index is 2.25. The van der Waals surface area contributed by atoms with E-state index >= 15 is 0 Å². The highest BCUT2D eigenvalue weighted by atomic mass is 35.5. The van der Waals surface area contributed by atoms with Gasteiger partial charge in [-0.25, -0.2) is 0 Å². The van der Waals surface area contributed by atoms with Crippen LogP contribution in [0.3, 0.4) is 0 Å². The fourth-order valence-corrected chi connectivity index (χ4v) is 2.12. The predicted molar refractivity (Wildman–Crippen MR) is 62.4 cm³/mol. The maximum absolute atomic E-state index is 11.7. The molecular formula is C12H10Cl2O. The molecule has 0 aromatic heterocycles. The number of hydrogen-bond acceptors (Lipinski definition) is 1. The third-order valence-corrected chi connectivity index (χ3v) is 3.14. The van der Waals surface area contributed by atoms with Crippen molar-refractivity contribution in [1.82, 2.24) is 0 Å². The molecule has 0 radical (unpaired) electrons. The molecule has 15 heavy (non-hydrogen) atoms. The second kappa shape index (κ2) is 4.38. The lowest BCUT2D eigenvalue weighted by atomic mass is 9.87. The largest absolute Gasteiger partial charge is 0.294 e. The molecule has 0 aliphatic heterocycles. The third kappa shape index (κ3) is 2.42. The molecule has 0 amide bonds. The number of benzene rings is 1. The van der Waals surface area contributed by atoms with Crippen molar-refractivity contribution < 1.29 is 4.79 Å². The lowest BCUT2D eigenvalue weighted by Crippen LogP contribution is -2.14. The van der Waals surface area contributed by atoms with Crippen molar-refractivity contribution in [2.24, 2.45) is 0 Å². The van der Waals surface area contributed by atoms with Gasteiger partial charge in [-0.15, -0.1) is 0 Å². The summed E-state index contributed by atoms with van der Waals surface area (Å²) in [7, 11) is 0. The van der Waals surface area contributed by atoms with Crippen molar-refractivity contribution in [3.63, 3.8) is 0 Å². The summed E-state index contributed by atoms with van der Waals surface area (Å²) in [5, 5.41) is 1.35. The van der Waals surface area contributed by atoms with Crippen LogP contribution in [0.15, 0.2) is 35.4 Å². The van der Waals surface area contributed by atoms with Crippen LogP contribution in [0.4, 0.5) is 0 Å². The molecule has 78 valence electrons. The molecule has 0 bridgehead atoms. The molecule has 0 spiro atoms. The van der Waals surface area contributed by atoms with Crippen LogP contribution in [0.2, 0.25) is 5.02 Å². The SMILES string of the molecule is O=C1C=C(Cl)CCC1c1ccc(Cl)cc1. The molecule has 0 fully saturated rings. The van der Waals surface area contributed by atoms with E-state index in [0.717, 1.165) is 18.4 Å². The predicted octanol–water partition coefficient (Wildman–Crippen LogP) is 3.91. The zero-order chi connectivity index (χ0) is 10.8. The Hall–Kier alpha value is -0.790. The summed E-state index contributed by atoms with van der Waals surface area (Å²) in [6.07, 6.45) is 3.10. The summed E-state index contributed by atoms with van der Waals surface area (Å²) < 4.78 is 0. The van der Waals surface area contributed by atoms with Gasteiger partial charge in [-0.3, -0.25) is 4.79 Å². The minimum Gasteiger partial charge on any atom is -0.294 e. The Labute approximate surface area is 98.7 Å². The molecule has 3 heteroatoms. The van der Waals surface area contributed by atoms with E-state index in [1.165, 1.54) is 6.08 Å². The highest BCUT2D eigenvalue weighted by Crippen LogP contribution is 2.31. The van der Waals surface area contributed by atoms with E-state index in [2.05, 4.69) is 0 Å². The zero-order valence-corrected chi connectivity index (χ0v) is 9.55. The van der Waals surface area contributed by atoms with Crippen LogP contribution < -0.4 is 0 Å². The van der Waals surface area contributed by atoms with Crippen molar-refractivity contribution in [2.45, 2.75) is 18.8 Å². The van der Waals surface area contributed by atoms with Crippen LogP contribution in [-0.2, 0) is 4.79 Å². The van der Waals surface area contributed by atoms with Crippen LogP contribution in [0.1, 0.15) is 24.3 Å². The maximum Gasteiger partial charge on any atom is 0.164 e. The van der Waals surface area contributed by atoms with Gasteiger partial charge in [0.25, 0.3) is 0 Å². The minimum atomic E-state index is -0.0511. The van der Waals surface area contributed by atoms with Crippen LogP contribution in [0.25, 0.3) is 0 Å². The first-order chi connectivity index (χ1) is 7.16. The molecule has 1 atom stereocenters. The van der Waals surface area contributed by atoms with E-state index in [1.54, 1.807) is 0 Å². The number of halogens is 2. The highest BCUT2D eigenvalue weighted by Gasteiger charge is 2.22. The Morgan fingerprint density at radius 1 is 1.13 bits per heavy atom. The van der Waals surface area contributed by atoms with Gasteiger partial charge in [0.05, 0.1) is 0 Å². The molecule has 2 rings (SSSR count). The fourth-order valence-electron chi connectivity index (χ4n) is 1.78. The van der Waals surface area contributed by atoms with Gasteiger partial charge in [0.15, 0.2) is 5.78 Å².